The van der Waals surface area contributed by atoms with Crippen LogP contribution in [0.15, 0.2) is 0 Å². The van der Waals surface area contributed by atoms with Gasteiger partial charge in [-0.05, 0) is 19.4 Å². The fourth-order valence-corrected chi connectivity index (χ4v) is 1.30. The maximum Gasteiger partial charge on any atom is 0.226 e. The van der Waals surface area contributed by atoms with Crippen molar-refractivity contribution in [1.29, 1.82) is 0 Å². The van der Waals surface area contributed by atoms with Crippen molar-refractivity contribution in [3.8, 4) is 0 Å². The molecule has 0 aliphatic carbocycles. The first kappa shape index (κ1) is 8.49. The lowest BCUT2D eigenvalue weighted by Crippen LogP contribution is -2.40. The highest BCUT2D eigenvalue weighted by molar-refractivity contribution is 5.78. The molecule has 1 aliphatic rings. The molecule has 1 heterocycles. The molecule has 3 N–H and O–H groups in total. The van der Waals surface area contributed by atoms with Crippen LogP contribution in [-0.4, -0.2) is 30.8 Å². The third kappa shape index (κ3) is 2.48. The topological polar surface area (TPSA) is 61.4 Å². The molecule has 1 rings (SSSR count). The average molecular weight is 158 g/mol. The Morgan fingerprint density at radius 1 is 1.73 bits per heavy atom. The molecule has 0 bridgehead atoms. The fourth-order valence-electron chi connectivity index (χ4n) is 1.30. The lowest BCUT2D eigenvalue weighted by molar-refractivity contribution is -0.126. The number of nitrogens with one attached hydrogen (secondary N) is 2. The van der Waals surface area contributed by atoms with Gasteiger partial charge in [0.2, 0.25) is 5.91 Å². The van der Waals surface area contributed by atoms with Gasteiger partial charge in [0.25, 0.3) is 0 Å². The van der Waals surface area contributed by atoms with E-state index in [0.29, 0.717) is 0 Å². The van der Waals surface area contributed by atoms with E-state index < -0.39 is 0 Å². The van der Waals surface area contributed by atoms with Crippen LogP contribution >= 0.6 is 0 Å². The number of rotatable bonds is 2. The van der Waals surface area contributed by atoms with Crippen LogP contribution in [0.25, 0.3) is 0 Å². The van der Waals surface area contributed by atoms with Gasteiger partial charge in [-0.25, -0.2) is 0 Å². The Morgan fingerprint density at radius 3 is 3.09 bits per heavy atom. The molecule has 11 heavy (non-hydrogen) atoms. The van der Waals surface area contributed by atoms with Crippen molar-refractivity contribution in [2.24, 2.45) is 5.92 Å². The van der Waals surface area contributed by atoms with Crippen molar-refractivity contribution >= 4 is 5.91 Å². The number of aliphatic hydroxyl groups excluding tert-OH is 1. The van der Waals surface area contributed by atoms with Gasteiger partial charge in [0.1, 0.15) is 6.73 Å². The molecule has 4 nitrogen and oxygen atoms in total. The normalized spacial score (nSPS) is 24.6. The quantitative estimate of drug-likeness (QED) is 0.454. The first-order valence-electron chi connectivity index (χ1n) is 3.94. The Balaban J connectivity index is 2.27. The first-order valence-corrected chi connectivity index (χ1v) is 3.94. The molecule has 1 saturated heterocycles. The van der Waals surface area contributed by atoms with Crippen LogP contribution < -0.4 is 10.6 Å². The Hall–Kier alpha value is -0.610. The second-order valence-corrected chi connectivity index (χ2v) is 2.74. The van der Waals surface area contributed by atoms with Gasteiger partial charge in [0.15, 0.2) is 0 Å². The molecule has 0 saturated carbocycles. The summed E-state index contributed by atoms with van der Waals surface area (Å²) in [6, 6.07) is 0. The number of piperidine rings is 1. The summed E-state index contributed by atoms with van der Waals surface area (Å²) in [7, 11) is 0. The molecular formula is C7H14N2O2. The lowest BCUT2D eigenvalue weighted by atomic mass is 9.99. The molecular weight excluding hydrogens is 144 g/mol. The van der Waals surface area contributed by atoms with Gasteiger partial charge in [-0.1, -0.05) is 0 Å². The number of hydrogen-bond donors (Lipinski definition) is 3. The third-order valence-electron chi connectivity index (χ3n) is 1.92. The summed E-state index contributed by atoms with van der Waals surface area (Å²) in [5.41, 5.74) is 0. The highest BCUT2D eigenvalue weighted by Crippen LogP contribution is 2.08. The van der Waals surface area contributed by atoms with Gasteiger partial charge in [-0.15, -0.1) is 0 Å². The second kappa shape index (κ2) is 4.31. The van der Waals surface area contributed by atoms with Crippen molar-refractivity contribution in [3.05, 3.63) is 0 Å². The molecule has 64 valence electrons. The van der Waals surface area contributed by atoms with Gasteiger partial charge in [-0.2, -0.15) is 0 Å². The van der Waals surface area contributed by atoms with E-state index in [9.17, 15) is 4.79 Å². The average Bonchev–Trinajstić information content (AvgIpc) is 2.07. The molecule has 0 spiro atoms. The Bertz CT molecular complexity index is 132. The molecule has 4 heteroatoms. The van der Waals surface area contributed by atoms with Gasteiger partial charge < -0.3 is 15.7 Å². The first-order chi connectivity index (χ1) is 5.34. The largest absolute Gasteiger partial charge is 0.377 e. The smallest absolute Gasteiger partial charge is 0.226 e. The van der Waals surface area contributed by atoms with Crippen molar-refractivity contribution in [1.82, 2.24) is 10.6 Å². The van der Waals surface area contributed by atoms with Crippen LogP contribution in [0.5, 0.6) is 0 Å². The summed E-state index contributed by atoms with van der Waals surface area (Å²) in [6.07, 6.45) is 1.97. The summed E-state index contributed by atoms with van der Waals surface area (Å²) < 4.78 is 0. The van der Waals surface area contributed by atoms with Gasteiger partial charge in [-0.3, -0.25) is 4.79 Å². The van der Waals surface area contributed by atoms with E-state index in [4.69, 9.17) is 5.11 Å². The van der Waals surface area contributed by atoms with E-state index in [1.165, 1.54) is 0 Å². The third-order valence-corrected chi connectivity index (χ3v) is 1.92. The number of amides is 1. The minimum atomic E-state index is -0.255. The summed E-state index contributed by atoms with van der Waals surface area (Å²) in [6.45, 7) is 1.49. The van der Waals surface area contributed by atoms with Crippen LogP contribution in [0.2, 0.25) is 0 Å². The standard InChI is InChI=1S/C7H14N2O2/c10-5-9-7(11)6-2-1-3-8-4-6/h6,8,10H,1-5H2,(H,9,11). The van der Waals surface area contributed by atoms with E-state index in [2.05, 4.69) is 10.6 Å². The van der Waals surface area contributed by atoms with Crippen LogP contribution in [0.4, 0.5) is 0 Å². The SMILES string of the molecule is O=C(NCO)C1CCCNC1. The van der Waals surface area contributed by atoms with Crippen LogP contribution in [-0.2, 0) is 4.79 Å². The second-order valence-electron chi connectivity index (χ2n) is 2.74. The van der Waals surface area contributed by atoms with Crippen molar-refractivity contribution in [3.63, 3.8) is 0 Å². The summed E-state index contributed by atoms with van der Waals surface area (Å²) in [5.74, 6) is 0.00981. The van der Waals surface area contributed by atoms with E-state index in [1.54, 1.807) is 0 Å². The van der Waals surface area contributed by atoms with E-state index in [1.807, 2.05) is 0 Å². The summed E-state index contributed by atoms with van der Waals surface area (Å²) in [5, 5.41) is 13.9. The summed E-state index contributed by atoms with van der Waals surface area (Å²) in [4.78, 5) is 11.1. The van der Waals surface area contributed by atoms with E-state index >= 15 is 0 Å². The van der Waals surface area contributed by atoms with E-state index in [-0.39, 0.29) is 18.6 Å². The minimum absolute atomic E-state index is 0.0419. The van der Waals surface area contributed by atoms with E-state index in [0.717, 1.165) is 25.9 Å². The van der Waals surface area contributed by atoms with Crippen molar-refractivity contribution in [2.75, 3.05) is 19.8 Å². The van der Waals surface area contributed by atoms with Gasteiger partial charge in [0.05, 0.1) is 5.92 Å². The monoisotopic (exact) mass is 158 g/mol. The molecule has 0 aromatic carbocycles. The molecule has 1 atom stereocenters. The molecule has 0 aromatic rings. The van der Waals surface area contributed by atoms with Crippen LogP contribution in [0, 0.1) is 5.92 Å². The minimum Gasteiger partial charge on any atom is -0.377 e. The maximum atomic E-state index is 11.1. The lowest BCUT2D eigenvalue weighted by Gasteiger charge is -2.21. The maximum absolute atomic E-state index is 11.1. The Kier molecular flexibility index (Phi) is 3.32. The van der Waals surface area contributed by atoms with Crippen molar-refractivity contribution < 1.29 is 9.90 Å². The molecule has 1 aliphatic heterocycles. The van der Waals surface area contributed by atoms with Gasteiger partial charge in [0, 0.05) is 6.54 Å². The van der Waals surface area contributed by atoms with Crippen LogP contribution in [0.3, 0.4) is 0 Å². The molecule has 1 unspecified atom stereocenters. The Labute approximate surface area is 66.0 Å². The zero-order valence-corrected chi connectivity index (χ0v) is 6.47. The highest BCUT2D eigenvalue weighted by Gasteiger charge is 2.19. The molecule has 1 amide bonds. The fraction of sp³-hybridized carbons (Fsp3) is 0.857. The summed E-state index contributed by atoms with van der Waals surface area (Å²) >= 11 is 0. The molecule has 0 radical (unpaired) electrons. The number of hydrogen-bond acceptors (Lipinski definition) is 3. The highest BCUT2D eigenvalue weighted by atomic mass is 16.3. The predicted octanol–water partition coefficient (Wildman–Crippen LogP) is -0.948. The van der Waals surface area contributed by atoms with Crippen LogP contribution in [0.1, 0.15) is 12.8 Å². The van der Waals surface area contributed by atoms with Crippen molar-refractivity contribution in [2.45, 2.75) is 12.8 Å². The van der Waals surface area contributed by atoms with Gasteiger partial charge >= 0.3 is 0 Å². The number of carbonyl (C=O) groups excluding carboxylic acids is 1. The number of aliphatic hydroxyl groups is 1. The zero-order valence-electron chi connectivity index (χ0n) is 6.47. The molecule has 1 fully saturated rings. The Morgan fingerprint density at radius 2 is 2.55 bits per heavy atom. The predicted molar refractivity (Wildman–Crippen MR) is 40.8 cm³/mol. The zero-order chi connectivity index (χ0) is 8.10. The molecule has 0 aromatic heterocycles. The number of carbonyl (C=O) groups is 1.